The van der Waals surface area contributed by atoms with Crippen molar-refractivity contribution in [3.63, 3.8) is 0 Å². The largest absolute Gasteiger partial charge is 0.506 e. The minimum absolute atomic E-state index is 0.00116. The fourth-order valence-electron chi connectivity index (χ4n) is 3.63. The summed E-state index contributed by atoms with van der Waals surface area (Å²) in [5.41, 5.74) is 1.79. The molecular weight excluding hydrogens is 555 g/mol. The van der Waals surface area contributed by atoms with E-state index in [0.29, 0.717) is 34.7 Å². The highest BCUT2D eigenvalue weighted by molar-refractivity contribution is 7.80. The quantitative estimate of drug-likeness (QED) is 0.113. The fraction of sp³-hybridized carbons (Fsp3) is 0.231. The predicted octanol–water partition coefficient (Wildman–Crippen LogP) is 7.00. The maximum atomic E-state index is 12.8. The average Bonchev–Trinajstić information content (AvgIpc) is 3.28. The molecule has 0 aliphatic carbocycles. The number of nitrogens with zero attached hydrogens (tertiary/aromatic N) is 1. The molecule has 0 amide bonds. The van der Waals surface area contributed by atoms with Crippen molar-refractivity contribution < 1.29 is 32.7 Å². The number of hydrogen-bond donors (Lipinski definition) is 3. The molecular formula is C26H24F3N3O5S2. The van der Waals surface area contributed by atoms with E-state index in [1.165, 1.54) is 41.7 Å². The molecule has 0 atom stereocenters. The van der Waals surface area contributed by atoms with Gasteiger partial charge in [-0.3, -0.25) is 10.1 Å². The Balaban J connectivity index is 1.63. The Kier molecular flexibility index (Phi) is 9.30. The summed E-state index contributed by atoms with van der Waals surface area (Å²) in [7, 11) is 1.13. The zero-order chi connectivity index (χ0) is 28.9. The van der Waals surface area contributed by atoms with Gasteiger partial charge in [0.05, 0.1) is 22.5 Å². The SMILES string of the molecule is COC(=O)c1ccc(NC(=S)NCC/C(C)=C(\C)c2csc(-c3ccc(C(F)(F)F)cc3)c2O)cc1[N+](=O)[O-]. The summed E-state index contributed by atoms with van der Waals surface area (Å²) in [5, 5.41) is 29.9. The number of ether oxygens (including phenoxy) is 1. The highest BCUT2D eigenvalue weighted by Crippen LogP contribution is 2.43. The molecule has 0 bridgehead atoms. The second-order valence-electron chi connectivity index (χ2n) is 8.42. The van der Waals surface area contributed by atoms with Crippen LogP contribution >= 0.6 is 23.6 Å². The molecule has 2 aromatic carbocycles. The molecule has 3 rings (SSSR count). The van der Waals surface area contributed by atoms with Crippen LogP contribution in [0, 0.1) is 10.1 Å². The molecule has 8 nitrogen and oxygen atoms in total. The van der Waals surface area contributed by atoms with Gasteiger partial charge in [-0.1, -0.05) is 17.7 Å². The van der Waals surface area contributed by atoms with Crippen LogP contribution in [0.1, 0.15) is 41.8 Å². The van der Waals surface area contributed by atoms with E-state index in [4.69, 9.17) is 12.2 Å². The number of benzene rings is 2. The number of anilines is 1. The van der Waals surface area contributed by atoms with Crippen molar-refractivity contribution in [3.8, 4) is 16.2 Å². The zero-order valence-corrected chi connectivity index (χ0v) is 22.6. The first-order valence-corrected chi connectivity index (χ1v) is 12.7. The molecule has 13 heteroatoms. The molecule has 0 radical (unpaired) electrons. The lowest BCUT2D eigenvalue weighted by Gasteiger charge is -2.13. The molecule has 1 heterocycles. The topological polar surface area (TPSA) is 114 Å². The third-order valence-corrected chi connectivity index (χ3v) is 7.19. The van der Waals surface area contributed by atoms with Crippen LogP contribution in [0.15, 0.2) is 53.4 Å². The number of carbonyl (C=O) groups is 1. The first-order chi connectivity index (χ1) is 18.3. The van der Waals surface area contributed by atoms with E-state index in [1.54, 1.807) is 5.38 Å². The van der Waals surface area contributed by atoms with Crippen molar-refractivity contribution in [2.24, 2.45) is 0 Å². The summed E-state index contributed by atoms with van der Waals surface area (Å²) < 4.78 is 43.1. The van der Waals surface area contributed by atoms with E-state index in [-0.39, 0.29) is 16.4 Å². The summed E-state index contributed by atoms with van der Waals surface area (Å²) >= 11 is 6.50. The van der Waals surface area contributed by atoms with Gasteiger partial charge in [-0.2, -0.15) is 13.2 Å². The summed E-state index contributed by atoms with van der Waals surface area (Å²) in [6.45, 7) is 4.14. The number of rotatable bonds is 8. The van der Waals surface area contributed by atoms with Crippen molar-refractivity contribution >= 4 is 51.6 Å². The molecule has 0 fully saturated rings. The molecule has 0 unspecified atom stereocenters. The normalized spacial score (nSPS) is 11.9. The standard InChI is InChI=1S/C26H24F3N3O5S2/c1-14(10-11-30-25(38)31-18-8-9-19(24(34)37-3)21(12-18)32(35)36)15(2)20-13-39-23(22(20)33)16-4-6-17(7-5-16)26(27,28)29/h4-9,12-13,33H,10-11H2,1-3H3,(H2,30,31,38)/b15-14+. The number of hydrogen-bond acceptors (Lipinski definition) is 7. The molecule has 1 aromatic heterocycles. The number of esters is 1. The molecule has 0 aliphatic heterocycles. The van der Waals surface area contributed by atoms with Gasteiger partial charge in [0, 0.05) is 29.2 Å². The van der Waals surface area contributed by atoms with Crippen molar-refractivity contribution in [1.82, 2.24) is 5.32 Å². The molecule has 3 N–H and O–H groups in total. The van der Waals surface area contributed by atoms with Crippen LogP contribution in [0.4, 0.5) is 24.5 Å². The van der Waals surface area contributed by atoms with E-state index in [2.05, 4.69) is 15.4 Å². The lowest BCUT2D eigenvalue weighted by Crippen LogP contribution is -2.29. The molecule has 206 valence electrons. The van der Waals surface area contributed by atoms with Crippen LogP contribution < -0.4 is 10.6 Å². The van der Waals surface area contributed by atoms with Gasteiger partial charge in [-0.15, -0.1) is 11.3 Å². The third-order valence-electron chi connectivity index (χ3n) is 5.93. The number of nitro groups is 1. The lowest BCUT2D eigenvalue weighted by molar-refractivity contribution is -0.385. The van der Waals surface area contributed by atoms with Crippen molar-refractivity contribution in [2.75, 3.05) is 19.0 Å². The number of methoxy groups -OCH3 is 1. The van der Waals surface area contributed by atoms with E-state index in [0.717, 1.165) is 30.4 Å². The molecule has 0 spiro atoms. The number of allylic oxidation sites excluding steroid dienone is 1. The average molecular weight is 580 g/mol. The Morgan fingerprint density at radius 1 is 1.15 bits per heavy atom. The Morgan fingerprint density at radius 3 is 2.41 bits per heavy atom. The Bertz CT molecular complexity index is 1430. The van der Waals surface area contributed by atoms with Crippen LogP contribution in [0.2, 0.25) is 0 Å². The number of nitrogens with one attached hydrogen (secondary N) is 2. The number of carbonyl (C=O) groups excluding carboxylic acids is 1. The van der Waals surface area contributed by atoms with E-state index in [9.17, 15) is 33.2 Å². The van der Waals surface area contributed by atoms with E-state index >= 15 is 0 Å². The number of thiocarbonyl (C=S) groups is 1. The van der Waals surface area contributed by atoms with Crippen molar-refractivity contribution in [1.29, 1.82) is 0 Å². The minimum atomic E-state index is -4.43. The van der Waals surface area contributed by atoms with Crippen molar-refractivity contribution in [3.05, 3.63) is 80.2 Å². The molecule has 0 saturated carbocycles. The maximum absolute atomic E-state index is 12.8. The number of aromatic hydroxyl groups is 1. The van der Waals surface area contributed by atoms with Crippen LogP contribution in [-0.2, 0) is 10.9 Å². The number of thiophene rings is 1. The zero-order valence-electron chi connectivity index (χ0n) is 21.0. The number of nitro benzene ring substituents is 1. The van der Waals surface area contributed by atoms with Gasteiger partial charge in [0.15, 0.2) is 5.11 Å². The highest BCUT2D eigenvalue weighted by atomic mass is 32.1. The van der Waals surface area contributed by atoms with Crippen molar-refractivity contribution in [2.45, 2.75) is 26.4 Å². The van der Waals surface area contributed by atoms with Crippen LogP contribution in [-0.4, -0.2) is 34.8 Å². The molecule has 3 aromatic rings. The first kappa shape index (κ1) is 29.6. The monoisotopic (exact) mass is 579 g/mol. The number of alkyl halides is 3. The minimum Gasteiger partial charge on any atom is -0.506 e. The summed E-state index contributed by atoms with van der Waals surface area (Å²) in [6, 6.07) is 8.56. The van der Waals surface area contributed by atoms with E-state index < -0.39 is 28.3 Å². The van der Waals surface area contributed by atoms with Gasteiger partial charge in [-0.05, 0) is 67.9 Å². The van der Waals surface area contributed by atoms with Crippen LogP contribution in [0.3, 0.4) is 0 Å². The van der Waals surface area contributed by atoms with Gasteiger partial charge < -0.3 is 20.5 Å². The van der Waals surface area contributed by atoms with Gasteiger partial charge in [0.1, 0.15) is 11.3 Å². The maximum Gasteiger partial charge on any atom is 0.416 e. The van der Waals surface area contributed by atoms with Gasteiger partial charge in [0.25, 0.3) is 5.69 Å². The van der Waals surface area contributed by atoms with E-state index in [1.807, 2.05) is 13.8 Å². The third kappa shape index (κ3) is 7.12. The van der Waals surface area contributed by atoms with Gasteiger partial charge in [0.2, 0.25) is 0 Å². The number of halogens is 3. The predicted molar refractivity (Wildman–Crippen MR) is 148 cm³/mol. The first-order valence-electron chi connectivity index (χ1n) is 11.4. The molecule has 39 heavy (non-hydrogen) atoms. The van der Waals surface area contributed by atoms with Crippen LogP contribution in [0.5, 0.6) is 5.75 Å². The summed E-state index contributed by atoms with van der Waals surface area (Å²) in [4.78, 5) is 22.8. The van der Waals surface area contributed by atoms with Gasteiger partial charge >= 0.3 is 12.1 Å². The Labute approximate surface area is 231 Å². The smallest absolute Gasteiger partial charge is 0.416 e. The lowest BCUT2D eigenvalue weighted by atomic mass is 10.0. The van der Waals surface area contributed by atoms with Crippen LogP contribution in [0.25, 0.3) is 16.0 Å². The fourth-order valence-corrected chi connectivity index (χ4v) is 4.87. The molecule has 0 aliphatic rings. The summed E-state index contributed by atoms with van der Waals surface area (Å²) in [5.74, 6) is -0.825. The molecule has 0 saturated heterocycles. The second-order valence-corrected chi connectivity index (χ2v) is 9.71. The second kappa shape index (κ2) is 12.3. The van der Waals surface area contributed by atoms with Gasteiger partial charge in [-0.25, -0.2) is 4.79 Å². The Hall–Kier alpha value is -3.97. The summed E-state index contributed by atoms with van der Waals surface area (Å²) in [6.07, 6.45) is -3.89. The highest BCUT2D eigenvalue weighted by Gasteiger charge is 2.30. The Morgan fingerprint density at radius 2 is 1.82 bits per heavy atom.